The van der Waals surface area contributed by atoms with Crippen LogP contribution in [0.1, 0.15) is 10.5 Å². The highest BCUT2D eigenvalue weighted by atomic mass is 19.4. The van der Waals surface area contributed by atoms with E-state index in [1.54, 1.807) is 21.9 Å². The molecule has 0 unspecified atom stereocenters. The van der Waals surface area contributed by atoms with Crippen LogP contribution in [0, 0.1) is 5.82 Å². The molecule has 1 fully saturated rings. The van der Waals surface area contributed by atoms with E-state index in [2.05, 4.69) is 14.9 Å². The summed E-state index contributed by atoms with van der Waals surface area (Å²) in [5.74, 6) is -0.768. The highest BCUT2D eigenvalue weighted by Crippen LogP contribution is 2.32. The van der Waals surface area contributed by atoms with Gasteiger partial charge in [-0.05, 0) is 24.3 Å². The third-order valence-corrected chi connectivity index (χ3v) is 5.02. The summed E-state index contributed by atoms with van der Waals surface area (Å²) >= 11 is 0. The van der Waals surface area contributed by atoms with Crippen molar-refractivity contribution < 1.29 is 31.8 Å². The predicted octanol–water partition coefficient (Wildman–Crippen LogP) is 3.57. The number of hydrogen-bond acceptors (Lipinski definition) is 5. The molecule has 1 aromatic heterocycles. The third-order valence-electron chi connectivity index (χ3n) is 5.02. The Morgan fingerprint density at radius 3 is 2.55 bits per heavy atom. The van der Waals surface area contributed by atoms with Gasteiger partial charge in [0.1, 0.15) is 23.0 Å². The zero-order valence-corrected chi connectivity index (χ0v) is 16.4. The van der Waals surface area contributed by atoms with E-state index in [0.29, 0.717) is 43.0 Å². The van der Waals surface area contributed by atoms with E-state index in [1.165, 1.54) is 19.2 Å². The first kappa shape index (κ1) is 20.8. The Hall–Kier alpha value is -3.50. The molecule has 0 aliphatic carbocycles. The molecule has 4 rings (SSSR count). The van der Waals surface area contributed by atoms with E-state index in [1.807, 2.05) is 0 Å². The SMILES string of the molecule is COc1cccc(F)c1N1CCN(C(=O)c2n[nH]c3cc(OC(F)(F)F)ccc23)CC1. The number of para-hydroxylation sites is 1. The molecule has 1 N–H and O–H groups in total. The minimum absolute atomic E-state index is 0.102. The van der Waals surface area contributed by atoms with E-state index in [-0.39, 0.29) is 17.1 Å². The van der Waals surface area contributed by atoms with Gasteiger partial charge in [-0.3, -0.25) is 9.89 Å². The molecule has 0 bridgehead atoms. The normalized spacial score (nSPS) is 14.7. The Morgan fingerprint density at radius 2 is 1.87 bits per heavy atom. The number of rotatable bonds is 4. The fourth-order valence-electron chi connectivity index (χ4n) is 3.61. The summed E-state index contributed by atoms with van der Waals surface area (Å²) in [5, 5.41) is 6.94. The number of H-pyrrole nitrogens is 1. The van der Waals surface area contributed by atoms with Gasteiger partial charge in [0.25, 0.3) is 5.91 Å². The number of nitrogens with one attached hydrogen (secondary N) is 1. The number of carbonyl (C=O) groups excluding carboxylic acids is 1. The van der Waals surface area contributed by atoms with Crippen LogP contribution in [-0.2, 0) is 0 Å². The van der Waals surface area contributed by atoms with Gasteiger partial charge in [0.15, 0.2) is 5.69 Å². The van der Waals surface area contributed by atoms with Crippen LogP contribution in [0.25, 0.3) is 10.9 Å². The van der Waals surface area contributed by atoms with Crippen molar-refractivity contribution >= 4 is 22.5 Å². The number of carbonyl (C=O) groups is 1. The van der Waals surface area contributed by atoms with Gasteiger partial charge >= 0.3 is 6.36 Å². The van der Waals surface area contributed by atoms with Gasteiger partial charge < -0.3 is 19.3 Å². The van der Waals surface area contributed by atoms with E-state index >= 15 is 0 Å². The lowest BCUT2D eigenvalue weighted by Crippen LogP contribution is -2.49. The number of benzene rings is 2. The summed E-state index contributed by atoms with van der Waals surface area (Å²) < 4.78 is 60.6. The molecule has 3 aromatic rings. The van der Waals surface area contributed by atoms with Crippen molar-refractivity contribution in [2.45, 2.75) is 6.36 Å². The maximum Gasteiger partial charge on any atom is 0.573 e. The standard InChI is InChI=1S/C20H18F4N4O3/c1-30-16-4-2-3-14(21)18(16)27-7-9-28(10-8-27)19(29)17-13-6-5-12(31-20(22,23)24)11-15(13)25-26-17/h2-6,11H,7-10H2,1H3,(H,25,26). The van der Waals surface area contributed by atoms with Gasteiger partial charge in [-0.25, -0.2) is 4.39 Å². The molecule has 164 valence electrons. The molecule has 1 amide bonds. The number of nitrogens with zero attached hydrogens (tertiary/aromatic N) is 3. The van der Waals surface area contributed by atoms with E-state index < -0.39 is 17.9 Å². The number of amides is 1. The van der Waals surface area contributed by atoms with E-state index in [4.69, 9.17) is 4.74 Å². The van der Waals surface area contributed by atoms with Crippen LogP contribution in [0.2, 0.25) is 0 Å². The van der Waals surface area contributed by atoms with Crippen molar-refractivity contribution in [3.63, 3.8) is 0 Å². The van der Waals surface area contributed by atoms with Gasteiger partial charge in [0, 0.05) is 37.6 Å². The van der Waals surface area contributed by atoms with Gasteiger partial charge in [-0.2, -0.15) is 5.10 Å². The van der Waals surface area contributed by atoms with Crippen molar-refractivity contribution in [2.75, 3.05) is 38.2 Å². The van der Waals surface area contributed by atoms with Crippen molar-refractivity contribution in [1.29, 1.82) is 0 Å². The number of halogens is 4. The van der Waals surface area contributed by atoms with Crippen LogP contribution in [0.4, 0.5) is 23.2 Å². The van der Waals surface area contributed by atoms with Crippen molar-refractivity contribution in [2.24, 2.45) is 0 Å². The number of anilines is 1. The first-order valence-electron chi connectivity index (χ1n) is 9.37. The van der Waals surface area contributed by atoms with Gasteiger partial charge in [-0.1, -0.05) is 6.07 Å². The van der Waals surface area contributed by atoms with Crippen molar-refractivity contribution in [1.82, 2.24) is 15.1 Å². The van der Waals surface area contributed by atoms with Crippen molar-refractivity contribution in [3.8, 4) is 11.5 Å². The molecule has 7 nitrogen and oxygen atoms in total. The minimum atomic E-state index is -4.81. The molecule has 2 aromatic carbocycles. The van der Waals surface area contributed by atoms with Gasteiger partial charge in [0.05, 0.1) is 12.6 Å². The third kappa shape index (κ3) is 4.21. The number of methoxy groups -OCH3 is 1. The van der Waals surface area contributed by atoms with E-state index in [0.717, 1.165) is 12.1 Å². The van der Waals surface area contributed by atoms with Crippen LogP contribution < -0.4 is 14.4 Å². The minimum Gasteiger partial charge on any atom is -0.494 e. The highest BCUT2D eigenvalue weighted by molar-refractivity contribution is 6.05. The molecule has 1 saturated heterocycles. The molecule has 0 spiro atoms. The second-order valence-electron chi connectivity index (χ2n) is 6.90. The molecule has 0 saturated carbocycles. The maximum absolute atomic E-state index is 14.3. The number of alkyl halides is 3. The first-order chi connectivity index (χ1) is 14.8. The van der Waals surface area contributed by atoms with Crippen LogP contribution in [0.5, 0.6) is 11.5 Å². The summed E-state index contributed by atoms with van der Waals surface area (Å²) in [6.45, 7) is 1.41. The number of fused-ring (bicyclic) bond motifs is 1. The molecule has 1 aliphatic rings. The average Bonchev–Trinajstić information content (AvgIpc) is 3.15. The Bertz CT molecular complexity index is 1110. The number of aromatic nitrogens is 2. The molecular weight excluding hydrogens is 420 g/mol. The number of piperazine rings is 1. The Labute approximate surface area is 174 Å². The topological polar surface area (TPSA) is 70.7 Å². The monoisotopic (exact) mass is 438 g/mol. The number of aromatic amines is 1. The molecule has 31 heavy (non-hydrogen) atoms. The smallest absolute Gasteiger partial charge is 0.494 e. The zero-order valence-electron chi connectivity index (χ0n) is 16.4. The molecule has 1 aliphatic heterocycles. The maximum atomic E-state index is 14.3. The second-order valence-corrected chi connectivity index (χ2v) is 6.90. The fourth-order valence-corrected chi connectivity index (χ4v) is 3.61. The largest absolute Gasteiger partial charge is 0.573 e. The summed E-state index contributed by atoms with van der Waals surface area (Å²) in [4.78, 5) is 16.3. The molecule has 11 heteroatoms. The highest BCUT2D eigenvalue weighted by Gasteiger charge is 2.32. The quantitative estimate of drug-likeness (QED) is 0.631. The number of hydrogen-bond donors (Lipinski definition) is 1. The first-order valence-corrected chi connectivity index (χ1v) is 9.37. The van der Waals surface area contributed by atoms with Crippen LogP contribution in [-0.4, -0.2) is 60.7 Å². The van der Waals surface area contributed by atoms with E-state index in [9.17, 15) is 22.4 Å². The Kier molecular flexibility index (Phi) is 5.34. The second kappa shape index (κ2) is 7.97. The molecular formula is C20H18F4N4O3. The van der Waals surface area contributed by atoms with Crippen LogP contribution in [0.3, 0.4) is 0 Å². The van der Waals surface area contributed by atoms with Crippen LogP contribution in [0.15, 0.2) is 36.4 Å². The van der Waals surface area contributed by atoms with Crippen LogP contribution >= 0.6 is 0 Å². The van der Waals surface area contributed by atoms with Crippen molar-refractivity contribution in [3.05, 3.63) is 47.9 Å². The lowest BCUT2D eigenvalue weighted by Gasteiger charge is -2.36. The zero-order chi connectivity index (χ0) is 22.2. The predicted molar refractivity (Wildman–Crippen MR) is 104 cm³/mol. The fraction of sp³-hybridized carbons (Fsp3) is 0.300. The average molecular weight is 438 g/mol. The molecule has 0 radical (unpaired) electrons. The number of ether oxygens (including phenoxy) is 2. The summed E-state index contributed by atoms with van der Waals surface area (Å²) in [7, 11) is 1.46. The molecule has 2 heterocycles. The summed E-state index contributed by atoms with van der Waals surface area (Å²) in [6.07, 6.45) is -4.81. The lowest BCUT2D eigenvalue weighted by atomic mass is 10.1. The Morgan fingerprint density at radius 1 is 1.13 bits per heavy atom. The molecule has 0 atom stereocenters. The summed E-state index contributed by atoms with van der Waals surface area (Å²) in [5.41, 5.74) is 0.699. The summed E-state index contributed by atoms with van der Waals surface area (Å²) in [6, 6.07) is 8.20. The van der Waals surface area contributed by atoms with Gasteiger partial charge in [-0.15, -0.1) is 13.2 Å². The lowest BCUT2D eigenvalue weighted by molar-refractivity contribution is -0.274. The Balaban J connectivity index is 1.49. The van der Waals surface area contributed by atoms with Gasteiger partial charge in [0.2, 0.25) is 0 Å².